The number of hydrogen-bond acceptors (Lipinski definition) is 3. The van der Waals surface area contributed by atoms with E-state index in [0.29, 0.717) is 21.4 Å². The van der Waals surface area contributed by atoms with Gasteiger partial charge in [-0.15, -0.1) is 0 Å². The van der Waals surface area contributed by atoms with E-state index in [2.05, 4.69) is 26.2 Å². The van der Waals surface area contributed by atoms with Crippen LogP contribution in [0.25, 0.3) is 0 Å². The molecule has 0 saturated heterocycles. The lowest BCUT2D eigenvalue weighted by Crippen LogP contribution is -2.14. The highest BCUT2D eigenvalue weighted by Crippen LogP contribution is 2.33. The van der Waals surface area contributed by atoms with Crippen molar-refractivity contribution in [3.05, 3.63) is 50.7 Å². The summed E-state index contributed by atoms with van der Waals surface area (Å²) in [5.74, 6) is -0.411. The Hall–Kier alpha value is -1.30. The Kier molecular flexibility index (Phi) is 4.29. The number of nitrogens with zero attached hydrogens (tertiary/aromatic N) is 1. The van der Waals surface area contributed by atoms with Gasteiger partial charge in [-0.1, -0.05) is 39.1 Å². The Bertz CT molecular complexity index is 608. The quantitative estimate of drug-likeness (QED) is 0.850. The van der Waals surface area contributed by atoms with Gasteiger partial charge in [0.15, 0.2) is 0 Å². The number of amides is 1. The molecule has 0 unspecified atom stereocenters. The first kappa shape index (κ1) is 14.1. The van der Waals surface area contributed by atoms with Crippen LogP contribution in [0.15, 0.2) is 34.9 Å². The summed E-state index contributed by atoms with van der Waals surface area (Å²) in [6.07, 6.45) is 1.40. The molecule has 0 aliphatic heterocycles. The Labute approximate surface area is 128 Å². The molecule has 0 fully saturated rings. The third kappa shape index (κ3) is 3.37. The summed E-state index contributed by atoms with van der Waals surface area (Å²) in [4.78, 5) is 15.9. The maximum absolute atomic E-state index is 12.0. The number of nitrogens with one attached hydrogen (secondary N) is 1. The number of hydrogen-bond donors (Lipinski definition) is 2. The summed E-state index contributed by atoms with van der Waals surface area (Å²) in [6, 6.07) is 6.39. The van der Waals surface area contributed by atoms with Crippen LogP contribution in [0, 0.1) is 0 Å². The number of nitrogens with two attached hydrogens (primary N) is 1. The van der Waals surface area contributed by atoms with E-state index in [-0.39, 0.29) is 5.69 Å². The van der Waals surface area contributed by atoms with Crippen LogP contribution < -0.4 is 11.1 Å². The fourth-order valence-electron chi connectivity index (χ4n) is 1.38. The number of carbonyl (C=O) groups excluding carboxylic acids is 1. The Morgan fingerprint density at radius 1 is 1.26 bits per heavy atom. The van der Waals surface area contributed by atoms with Gasteiger partial charge in [-0.2, -0.15) is 0 Å². The first-order valence-corrected chi connectivity index (χ1v) is 6.69. The molecule has 0 atom stereocenters. The van der Waals surface area contributed by atoms with Crippen LogP contribution in [0.2, 0.25) is 10.0 Å². The number of anilines is 2. The minimum absolute atomic E-state index is 0.226. The van der Waals surface area contributed by atoms with E-state index in [0.717, 1.165) is 4.47 Å². The summed E-state index contributed by atoms with van der Waals surface area (Å²) in [5, 5.41) is 3.29. The molecule has 7 heteroatoms. The molecule has 1 aromatic heterocycles. The summed E-state index contributed by atoms with van der Waals surface area (Å²) >= 11 is 15.3. The highest BCUT2D eigenvalue weighted by molar-refractivity contribution is 9.10. The van der Waals surface area contributed by atoms with E-state index in [1.807, 2.05) is 0 Å². The molecule has 0 saturated carbocycles. The molecule has 19 heavy (non-hydrogen) atoms. The smallest absolute Gasteiger partial charge is 0.274 e. The minimum Gasteiger partial charge on any atom is -0.397 e. The second-order valence-electron chi connectivity index (χ2n) is 3.68. The van der Waals surface area contributed by atoms with E-state index in [9.17, 15) is 4.79 Å². The first-order chi connectivity index (χ1) is 8.97. The van der Waals surface area contributed by atoms with Crippen molar-refractivity contribution in [1.29, 1.82) is 0 Å². The zero-order chi connectivity index (χ0) is 14.0. The van der Waals surface area contributed by atoms with Gasteiger partial charge >= 0.3 is 0 Å². The van der Waals surface area contributed by atoms with E-state index >= 15 is 0 Å². The van der Waals surface area contributed by atoms with Crippen molar-refractivity contribution in [1.82, 2.24) is 4.98 Å². The van der Waals surface area contributed by atoms with Gasteiger partial charge in [-0.25, -0.2) is 4.98 Å². The van der Waals surface area contributed by atoms with Crippen molar-refractivity contribution in [2.45, 2.75) is 0 Å². The molecule has 4 nitrogen and oxygen atoms in total. The predicted octanol–water partition coefficient (Wildman–Crippen LogP) is 3.99. The van der Waals surface area contributed by atoms with Crippen LogP contribution in [0.5, 0.6) is 0 Å². The zero-order valence-electron chi connectivity index (χ0n) is 9.45. The van der Waals surface area contributed by atoms with Crippen molar-refractivity contribution in [2.24, 2.45) is 0 Å². The Morgan fingerprint density at radius 3 is 2.42 bits per heavy atom. The molecule has 1 heterocycles. The van der Waals surface area contributed by atoms with Gasteiger partial charge in [0.25, 0.3) is 5.91 Å². The van der Waals surface area contributed by atoms with E-state index in [1.165, 1.54) is 12.3 Å². The first-order valence-electron chi connectivity index (χ1n) is 5.15. The molecule has 2 rings (SSSR count). The Balaban J connectivity index is 2.26. The maximum Gasteiger partial charge on any atom is 0.274 e. The highest BCUT2D eigenvalue weighted by atomic mass is 79.9. The van der Waals surface area contributed by atoms with Gasteiger partial charge in [-0.05, 0) is 24.3 Å². The molecule has 2 aromatic rings. The lowest BCUT2D eigenvalue weighted by atomic mass is 10.3. The number of pyridine rings is 1. The van der Waals surface area contributed by atoms with Crippen molar-refractivity contribution in [3.63, 3.8) is 0 Å². The lowest BCUT2D eigenvalue weighted by Gasteiger charge is -2.09. The third-order valence-corrected chi connectivity index (χ3v) is 3.32. The molecule has 0 aliphatic rings. The monoisotopic (exact) mass is 359 g/mol. The molecule has 0 radical (unpaired) electrons. The molecule has 0 spiro atoms. The van der Waals surface area contributed by atoms with Crippen molar-refractivity contribution in [2.75, 3.05) is 11.1 Å². The lowest BCUT2D eigenvalue weighted by molar-refractivity contribution is 0.102. The van der Waals surface area contributed by atoms with Crippen LogP contribution in [0.4, 0.5) is 11.4 Å². The summed E-state index contributed by atoms with van der Waals surface area (Å²) in [6.45, 7) is 0. The summed E-state index contributed by atoms with van der Waals surface area (Å²) in [7, 11) is 0. The van der Waals surface area contributed by atoms with Gasteiger partial charge in [0, 0.05) is 4.47 Å². The predicted molar refractivity (Wildman–Crippen MR) is 80.8 cm³/mol. The van der Waals surface area contributed by atoms with E-state index < -0.39 is 5.91 Å². The molecular weight excluding hydrogens is 353 g/mol. The van der Waals surface area contributed by atoms with Gasteiger partial charge in [-0.3, -0.25) is 4.79 Å². The second kappa shape index (κ2) is 5.77. The average molecular weight is 361 g/mol. The number of rotatable bonds is 2. The second-order valence-corrected chi connectivity index (χ2v) is 5.41. The van der Waals surface area contributed by atoms with Gasteiger partial charge in [0.05, 0.1) is 27.6 Å². The van der Waals surface area contributed by atoms with Crippen molar-refractivity contribution >= 4 is 56.4 Å². The average Bonchev–Trinajstić information content (AvgIpc) is 2.34. The van der Waals surface area contributed by atoms with Crippen LogP contribution in [-0.2, 0) is 0 Å². The Morgan fingerprint density at radius 2 is 1.89 bits per heavy atom. The third-order valence-electron chi connectivity index (χ3n) is 2.26. The molecule has 0 bridgehead atoms. The maximum atomic E-state index is 12.0. The summed E-state index contributed by atoms with van der Waals surface area (Å²) in [5.41, 5.74) is 6.55. The summed E-state index contributed by atoms with van der Waals surface area (Å²) < 4.78 is 0.728. The van der Waals surface area contributed by atoms with Crippen LogP contribution >= 0.6 is 39.1 Å². The molecular formula is C12H8BrCl2N3O. The SMILES string of the molecule is Nc1ccc(C(=O)Nc2c(Cl)cc(Br)cc2Cl)nc1. The van der Waals surface area contributed by atoms with E-state index in [4.69, 9.17) is 28.9 Å². The van der Waals surface area contributed by atoms with Gasteiger partial charge in [0.1, 0.15) is 5.69 Å². The van der Waals surface area contributed by atoms with Crippen molar-refractivity contribution < 1.29 is 4.79 Å². The number of carbonyl (C=O) groups is 1. The minimum atomic E-state index is -0.411. The molecule has 1 amide bonds. The van der Waals surface area contributed by atoms with Gasteiger partial charge < -0.3 is 11.1 Å². The molecule has 3 N–H and O–H groups in total. The number of halogens is 3. The normalized spacial score (nSPS) is 10.3. The van der Waals surface area contributed by atoms with Crippen LogP contribution in [-0.4, -0.2) is 10.9 Å². The largest absolute Gasteiger partial charge is 0.397 e. The van der Waals surface area contributed by atoms with Gasteiger partial charge in [0.2, 0.25) is 0 Å². The fraction of sp³-hybridized carbons (Fsp3) is 0. The zero-order valence-corrected chi connectivity index (χ0v) is 12.6. The van der Waals surface area contributed by atoms with Crippen molar-refractivity contribution in [3.8, 4) is 0 Å². The number of nitrogen functional groups attached to an aromatic ring is 1. The topological polar surface area (TPSA) is 68.0 Å². The number of benzene rings is 1. The fourth-order valence-corrected chi connectivity index (χ4v) is 2.68. The molecule has 98 valence electrons. The molecule has 1 aromatic carbocycles. The number of aromatic nitrogens is 1. The van der Waals surface area contributed by atoms with E-state index in [1.54, 1.807) is 18.2 Å². The standard InChI is InChI=1S/C12H8BrCl2N3O/c13-6-3-8(14)11(9(15)4-6)18-12(19)10-2-1-7(16)5-17-10/h1-5H,16H2,(H,18,19). The molecule has 0 aliphatic carbocycles. The van der Waals surface area contributed by atoms with Crippen LogP contribution in [0.3, 0.4) is 0 Å². The highest BCUT2D eigenvalue weighted by Gasteiger charge is 2.13. The van der Waals surface area contributed by atoms with Crippen LogP contribution in [0.1, 0.15) is 10.5 Å².